The third-order valence-corrected chi connectivity index (χ3v) is 8.23. The van der Waals surface area contributed by atoms with Gasteiger partial charge in [0, 0.05) is 11.8 Å². The molecule has 17 heavy (non-hydrogen) atoms. The Kier molecular flexibility index (Phi) is 2.66. The van der Waals surface area contributed by atoms with E-state index in [9.17, 15) is 5.11 Å². The Balaban J connectivity index is 2.32. The lowest BCUT2D eigenvalue weighted by molar-refractivity contribution is 0.138. The molecule has 7 heteroatoms. The molecule has 0 aromatic heterocycles. The van der Waals surface area contributed by atoms with Crippen LogP contribution in [0.25, 0.3) is 0 Å². The number of halogens is 6. The Bertz CT molecular complexity index is 471. The fraction of sp³-hybridized carbons (Fsp3) is 0.600. The highest BCUT2D eigenvalue weighted by Gasteiger charge is 2.83. The fourth-order valence-electron chi connectivity index (χ4n) is 3.12. The van der Waals surface area contributed by atoms with Crippen molar-refractivity contribution in [3.05, 3.63) is 22.2 Å². The first-order valence-corrected chi connectivity index (χ1v) is 7.15. The number of rotatable bonds is 0. The Labute approximate surface area is 128 Å². The van der Waals surface area contributed by atoms with E-state index in [-0.39, 0.29) is 16.0 Å². The monoisotopic (exact) mass is 352 g/mol. The fourth-order valence-corrected chi connectivity index (χ4v) is 6.13. The van der Waals surface area contributed by atoms with Crippen molar-refractivity contribution in [3.63, 3.8) is 0 Å². The Hall–Kier alpha value is 1.18. The molecule has 1 saturated carbocycles. The summed E-state index contributed by atoms with van der Waals surface area (Å²) in [5, 5.41) is 10.3. The van der Waals surface area contributed by atoms with Gasteiger partial charge in [0.2, 0.25) is 0 Å². The van der Waals surface area contributed by atoms with Crippen LogP contribution in [0, 0.1) is 11.8 Å². The number of aliphatic hydroxyl groups is 1. The topological polar surface area (TPSA) is 20.2 Å². The molecule has 3 aliphatic rings. The first kappa shape index (κ1) is 13.2. The maximum atomic E-state index is 9.97. The van der Waals surface area contributed by atoms with E-state index in [1.54, 1.807) is 12.2 Å². The lowest BCUT2D eigenvalue weighted by atomic mass is 9.83. The SMILES string of the molecule is OC1C=CC2C1[C@]1(Cl)C(Cl)=C(Cl)[C@@]2(Cl)C1(Cl)Cl. The van der Waals surface area contributed by atoms with Crippen LogP contribution in [0.2, 0.25) is 0 Å². The van der Waals surface area contributed by atoms with E-state index in [2.05, 4.69) is 0 Å². The second kappa shape index (κ2) is 3.44. The summed E-state index contributed by atoms with van der Waals surface area (Å²) in [5.41, 5.74) is 0. The van der Waals surface area contributed by atoms with Crippen LogP contribution in [0.4, 0.5) is 0 Å². The summed E-state index contributed by atoms with van der Waals surface area (Å²) in [6.45, 7) is 0. The molecule has 2 bridgehead atoms. The van der Waals surface area contributed by atoms with Gasteiger partial charge in [0.05, 0.1) is 16.2 Å². The van der Waals surface area contributed by atoms with Crippen molar-refractivity contribution < 1.29 is 5.11 Å². The van der Waals surface area contributed by atoms with E-state index >= 15 is 0 Å². The van der Waals surface area contributed by atoms with Gasteiger partial charge in [0.15, 0.2) is 4.33 Å². The van der Waals surface area contributed by atoms with Crippen molar-refractivity contribution in [1.29, 1.82) is 0 Å². The van der Waals surface area contributed by atoms with Crippen LogP contribution in [0.3, 0.4) is 0 Å². The molecule has 1 N–H and O–H groups in total. The summed E-state index contributed by atoms with van der Waals surface area (Å²) in [7, 11) is 0. The molecule has 0 radical (unpaired) electrons. The average molecular weight is 355 g/mol. The molecule has 0 spiro atoms. The first-order chi connectivity index (χ1) is 7.70. The predicted molar refractivity (Wildman–Crippen MR) is 72.5 cm³/mol. The average Bonchev–Trinajstić information content (AvgIpc) is 2.73. The standard InChI is InChI=1S/C10H6Cl6O/c11-6-7(12)9(14)5-3(1-2-4(5)17)8(6,13)10(9,15)16/h1-5,17H/t3?,4?,5?,8-,9+/m1/s1. The van der Waals surface area contributed by atoms with Crippen LogP contribution >= 0.6 is 69.6 Å². The molecule has 1 nitrogen and oxygen atoms in total. The van der Waals surface area contributed by atoms with E-state index in [0.717, 1.165) is 0 Å². The van der Waals surface area contributed by atoms with Gasteiger partial charge in [0.1, 0.15) is 9.75 Å². The lowest BCUT2D eigenvalue weighted by Gasteiger charge is -2.34. The summed E-state index contributed by atoms with van der Waals surface area (Å²) in [5.74, 6) is -0.798. The van der Waals surface area contributed by atoms with E-state index in [0.29, 0.717) is 0 Å². The maximum Gasteiger partial charge on any atom is 0.167 e. The summed E-state index contributed by atoms with van der Waals surface area (Å²) in [4.78, 5) is -2.64. The Morgan fingerprint density at radius 1 is 0.941 bits per heavy atom. The molecule has 94 valence electrons. The molecule has 0 amide bonds. The molecule has 0 aromatic rings. The Morgan fingerprint density at radius 3 is 2.06 bits per heavy atom. The van der Waals surface area contributed by atoms with Gasteiger partial charge in [-0.2, -0.15) is 0 Å². The second-order valence-corrected chi connectivity index (χ2v) is 7.83. The minimum Gasteiger partial charge on any atom is -0.389 e. The zero-order valence-corrected chi connectivity index (χ0v) is 12.6. The third-order valence-electron chi connectivity index (χ3n) is 3.93. The van der Waals surface area contributed by atoms with Crippen LogP contribution in [0.1, 0.15) is 0 Å². The smallest absolute Gasteiger partial charge is 0.167 e. The molecule has 0 heterocycles. The normalized spacial score (nSPS) is 54.6. The summed E-state index contributed by atoms with van der Waals surface area (Å²) >= 11 is 37.9. The molecule has 5 atom stereocenters. The molecule has 0 saturated heterocycles. The number of alkyl halides is 4. The number of hydrogen-bond acceptors (Lipinski definition) is 1. The minimum absolute atomic E-state index is 0.129. The maximum absolute atomic E-state index is 9.97. The molecule has 3 unspecified atom stereocenters. The van der Waals surface area contributed by atoms with Crippen molar-refractivity contribution in [2.24, 2.45) is 11.8 Å². The van der Waals surface area contributed by atoms with Crippen LogP contribution in [0.15, 0.2) is 22.2 Å². The van der Waals surface area contributed by atoms with E-state index in [4.69, 9.17) is 69.6 Å². The predicted octanol–water partition coefficient (Wildman–Crippen LogP) is 4.00. The van der Waals surface area contributed by atoms with Gasteiger partial charge in [-0.05, 0) is 0 Å². The highest BCUT2D eigenvalue weighted by atomic mass is 35.5. The lowest BCUT2D eigenvalue weighted by Crippen LogP contribution is -2.46. The summed E-state index contributed by atoms with van der Waals surface area (Å²) < 4.78 is -1.56. The van der Waals surface area contributed by atoms with E-state index in [1.165, 1.54) is 0 Å². The molecule has 0 aliphatic heterocycles. The van der Waals surface area contributed by atoms with Gasteiger partial charge in [-0.25, -0.2) is 0 Å². The molecule has 1 fully saturated rings. The number of aliphatic hydroxyl groups excluding tert-OH is 1. The van der Waals surface area contributed by atoms with E-state index in [1.807, 2.05) is 0 Å². The first-order valence-electron chi connectivity index (χ1n) is 4.89. The van der Waals surface area contributed by atoms with Gasteiger partial charge in [0.25, 0.3) is 0 Å². The van der Waals surface area contributed by atoms with Crippen molar-refractivity contribution in [1.82, 2.24) is 0 Å². The van der Waals surface area contributed by atoms with Gasteiger partial charge in [-0.1, -0.05) is 58.6 Å². The Morgan fingerprint density at radius 2 is 1.47 bits per heavy atom. The molecule has 3 aliphatic carbocycles. The molecule has 0 aromatic carbocycles. The van der Waals surface area contributed by atoms with Gasteiger partial charge < -0.3 is 5.11 Å². The van der Waals surface area contributed by atoms with E-state index < -0.39 is 26.1 Å². The zero-order valence-electron chi connectivity index (χ0n) is 8.10. The number of fused-ring (bicyclic) bond motifs is 5. The number of allylic oxidation sites excluding steroid dienone is 3. The summed E-state index contributed by atoms with van der Waals surface area (Å²) in [6.07, 6.45) is 2.58. The van der Waals surface area contributed by atoms with Crippen LogP contribution in [-0.2, 0) is 0 Å². The minimum atomic E-state index is -1.56. The van der Waals surface area contributed by atoms with Gasteiger partial charge >= 0.3 is 0 Å². The van der Waals surface area contributed by atoms with Crippen molar-refractivity contribution in [2.45, 2.75) is 20.2 Å². The highest BCUT2D eigenvalue weighted by molar-refractivity contribution is 6.65. The van der Waals surface area contributed by atoms with Crippen LogP contribution < -0.4 is 0 Å². The second-order valence-electron chi connectivity index (χ2n) is 4.55. The van der Waals surface area contributed by atoms with Gasteiger partial charge in [-0.3, -0.25) is 0 Å². The molecule has 3 rings (SSSR count). The largest absolute Gasteiger partial charge is 0.389 e. The number of hydrogen-bond donors (Lipinski definition) is 1. The quantitative estimate of drug-likeness (QED) is 0.515. The molecular formula is C10H6Cl6O. The molecular weight excluding hydrogens is 349 g/mol. The zero-order chi connectivity index (χ0) is 12.8. The third kappa shape index (κ3) is 1.09. The van der Waals surface area contributed by atoms with Crippen LogP contribution in [-0.4, -0.2) is 25.3 Å². The van der Waals surface area contributed by atoms with Crippen molar-refractivity contribution in [2.75, 3.05) is 0 Å². The van der Waals surface area contributed by atoms with Crippen molar-refractivity contribution >= 4 is 69.6 Å². The van der Waals surface area contributed by atoms with Gasteiger partial charge in [-0.15, -0.1) is 23.2 Å². The van der Waals surface area contributed by atoms with Crippen LogP contribution in [0.5, 0.6) is 0 Å². The summed E-state index contributed by atoms with van der Waals surface area (Å²) in [6, 6.07) is 0. The van der Waals surface area contributed by atoms with Crippen molar-refractivity contribution in [3.8, 4) is 0 Å². The highest BCUT2D eigenvalue weighted by Crippen LogP contribution is 2.77.